The molecule has 0 saturated carbocycles. The minimum absolute atomic E-state index is 0.193. The molecule has 1 aromatic carbocycles. The van der Waals surface area contributed by atoms with E-state index in [-0.39, 0.29) is 12.0 Å². The van der Waals surface area contributed by atoms with Crippen molar-refractivity contribution in [3.63, 3.8) is 0 Å². The Labute approximate surface area is 130 Å². The van der Waals surface area contributed by atoms with Gasteiger partial charge in [-0.05, 0) is 23.4 Å². The van der Waals surface area contributed by atoms with E-state index in [1.165, 1.54) is 5.56 Å². The Morgan fingerprint density at radius 3 is 2.43 bits per heavy atom. The van der Waals surface area contributed by atoms with Gasteiger partial charge >= 0.3 is 0 Å². The Morgan fingerprint density at radius 2 is 1.86 bits per heavy atom. The fourth-order valence-electron chi connectivity index (χ4n) is 2.56. The van der Waals surface area contributed by atoms with Crippen LogP contribution in [0.5, 0.6) is 0 Å². The third kappa shape index (κ3) is 8.20. The zero-order valence-corrected chi connectivity index (χ0v) is 14.1. The number of aliphatic hydroxyl groups is 1. The van der Waals surface area contributed by atoms with Crippen molar-refractivity contribution in [1.82, 2.24) is 10.2 Å². The third-order valence-corrected chi connectivity index (χ3v) is 3.47. The SMILES string of the molecule is CC(C)CNCC(C)(C)CN(CCO)Cc1ccccc1. The van der Waals surface area contributed by atoms with Gasteiger partial charge in [0, 0.05) is 26.2 Å². The Hall–Kier alpha value is -0.900. The van der Waals surface area contributed by atoms with Crippen LogP contribution < -0.4 is 5.32 Å². The highest BCUT2D eigenvalue weighted by molar-refractivity contribution is 5.14. The van der Waals surface area contributed by atoms with Gasteiger partial charge in [-0.1, -0.05) is 58.0 Å². The van der Waals surface area contributed by atoms with E-state index in [2.05, 4.69) is 62.2 Å². The van der Waals surface area contributed by atoms with E-state index >= 15 is 0 Å². The lowest BCUT2D eigenvalue weighted by Gasteiger charge is -2.33. The summed E-state index contributed by atoms with van der Waals surface area (Å²) in [5.74, 6) is 0.679. The zero-order chi connectivity index (χ0) is 15.7. The van der Waals surface area contributed by atoms with Crippen LogP contribution in [0.25, 0.3) is 0 Å². The van der Waals surface area contributed by atoms with E-state index in [9.17, 15) is 5.11 Å². The smallest absolute Gasteiger partial charge is 0.0558 e. The van der Waals surface area contributed by atoms with Crippen molar-refractivity contribution in [2.45, 2.75) is 34.2 Å². The number of hydrogen-bond donors (Lipinski definition) is 2. The topological polar surface area (TPSA) is 35.5 Å². The van der Waals surface area contributed by atoms with Crippen LogP contribution >= 0.6 is 0 Å². The van der Waals surface area contributed by atoms with Gasteiger partial charge in [0.05, 0.1) is 6.61 Å². The molecule has 0 heterocycles. The Kier molecular flexibility index (Phi) is 7.94. The maximum absolute atomic E-state index is 9.30. The lowest BCUT2D eigenvalue weighted by Crippen LogP contribution is -2.42. The molecule has 0 aromatic heterocycles. The van der Waals surface area contributed by atoms with Gasteiger partial charge in [0.1, 0.15) is 0 Å². The molecule has 0 aliphatic heterocycles. The van der Waals surface area contributed by atoms with Crippen molar-refractivity contribution in [3.8, 4) is 0 Å². The highest BCUT2D eigenvalue weighted by Crippen LogP contribution is 2.17. The first-order valence-corrected chi connectivity index (χ1v) is 8.01. The number of nitrogens with zero attached hydrogens (tertiary/aromatic N) is 1. The molecular formula is C18H32N2O. The predicted octanol–water partition coefficient (Wildman–Crippen LogP) is 2.75. The highest BCUT2D eigenvalue weighted by Gasteiger charge is 2.21. The largest absolute Gasteiger partial charge is 0.395 e. The van der Waals surface area contributed by atoms with E-state index in [1.807, 2.05) is 6.07 Å². The summed E-state index contributed by atoms with van der Waals surface area (Å²) >= 11 is 0. The lowest BCUT2D eigenvalue weighted by atomic mass is 9.92. The van der Waals surface area contributed by atoms with Crippen LogP contribution in [0.4, 0.5) is 0 Å². The molecule has 0 fully saturated rings. The van der Waals surface area contributed by atoms with E-state index in [1.54, 1.807) is 0 Å². The standard InChI is InChI=1S/C18H32N2O/c1-16(2)12-19-14-18(3,4)15-20(10-11-21)13-17-8-6-5-7-9-17/h5-9,16,19,21H,10-15H2,1-4H3. The van der Waals surface area contributed by atoms with E-state index in [0.717, 1.165) is 32.7 Å². The van der Waals surface area contributed by atoms with Gasteiger partial charge in [-0.25, -0.2) is 0 Å². The summed E-state index contributed by atoms with van der Waals surface area (Å²) in [5.41, 5.74) is 1.50. The molecule has 3 heteroatoms. The average molecular weight is 292 g/mol. The summed E-state index contributed by atoms with van der Waals surface area (Å²) < 4.78 is 0. The van der Waals surface area contributed by atoms with E-state index in [4.69, 9.17) is 0 Å². The van der Waals surface area contributed by atoms with Crippen LogP contribution in [0.3, 0.4) is 0 Å². The van der Waals surface area contributed by atoms with Crippen molar-refractivity contribution >= 4 is 0 Å². The molecule has 0 aliphatic rings. The first-order chi connectivity index (χ1) is 9.93. The fraction of sp³-hybridized carbons (Fsp3) is 0.667. The van der Waals surface area contributed by atoms with Crippen molar-refractivity contribution in [1.29, 1.82) is 0 Å². The fourth-order valence-corrected chi connectivity index (χ4v) is 2.56. The van der Waals surface area contributed by atoms with Gasteiger partial charge in [0.25, 0.3) is 0 Å². The predicted molar refractivity (Wildman–Crippen MR) is 90.3 cm³/mol. The second kappa shape index (κ2) is 9.19. The van der Waals surface area contributed by atoms with Gasteiger partial charge in [-0.2, -0.15) is 0 Å². The molecule has 0 unspecified atom stereocenters. The average Bonchev–Trinajstić information content (AvgIpc) is 2.38. The quantitative estimate of drug-likeness (QED) is 0.696. The Bertz CT molecular complexity index is 376. The third-order valence-electron chi connectivity index (χ3n) is 3.47. The molecule has 1 aromatic rings. The van der Waals surface area contributed by atoms with Crippen molar-refractivity contribution < 1.29 is 5.11 Å². The minimum atomic E-state index is 0.193. The van der Waals surface area contributed by atoms with Gasteiger partial charge in [-0.3, -0.25) is 4.90 Å². The summed E-state index contributed by atoms with van der Waals surface area (Å²) in [7, 11) is 0. The molecule has 0 aliphatic carbocycles. The summed E-state index contributed by atoms with van der Waals surface area (Å²) in [6, 6.07) is 10.5. The molecule has 3 nitrogen and oxygen atoms in total. The van der Waals surface area contributed by atoms with Gasteiger partial charge in [-0.15, -0.1) is 0 Å². The lowest BCUT2D eigenvalue weighted by molar-refractivity contribution is 0.135. The second-order valence-electron chi connectivity index (χ2n) is 7.11. The summed E-state index contributed by atoms with van der Waals surface area (Å²) in [5, 5.41) is 12.9. The molecule has 120 valence electrons. The second-order valence-corrected chi connectivity index (χ2v) is 7.11. The van der Waals surface area contributed by atoms with E-state index in [0.29, 0.717) is 5.92 Å². The highest BCUT2D eigenvalue weighted by atomic mass is 16.3. The minimum Gasteiger partial charge on any atom is -0.395 e. The van der Waals surface area contributed by atoms with Crippen molar-refractivity contribution in [2.75, 3.05) is 32.8 Å². The molecule has 0 bridgehead atoms. The summed E-state index contributed by atoms with van der Waals surface area (Å²) in [6.07, 6.45) is 0. The molecule has 0 radical (unpaired) electrons. The number of nitrogens with one attached hydrogen (secondary N) is 1. The maximum Gasteiger partial charge on any atom is 0.0558 e. The van der Waals surface area contributed by atoms with Crippen LogP contribution in [0.15, 0.2) is 30.3 Å². The van der Waals surface area contributed by atoms with Crippen LogP contribution in [0.2, 0.25) is 0 Å². The van der Waals surface area contributed by atoms with Gasteiger partial charge < -0.3 is 10.4 Å². The Balaban J connectivity index is 2.51. The van der Waals surface area contributed by atoms with Crippen LogP contribution in [-0.2, 0) is 6.54 Å². The maximum atomic E-state index is 9.30. The molecule has 21 heavy (non-hydrogen) atoms. The molecule has 1 rings (SSSR count). The van der Waals surface area contributed by atoms with Crippen LogP contribution in [-0.4, -0.2) is 42.8 Å². The molecule has 0 spiro atoms. The van der Waals surface area contributed by atoms with Crippen molar-refractivity contribution in [3.05, 3.63) is 35.9 Å². The molecule has 0 amide bonds. The van der Waals surface area contributed by atoms with Crippen molar-refractivity contribution in [2.24, 2.45) is 11.3 Å². The Morgan fingerprint density at radius 1 is 1.19 bits per heavy atom. The molecule has 2 N–H and O–H groups in total. The molecule has 0 atom stereocenters. The van der Waals surface area contributed by atoms with Gasteiger partial charge in [0.2, 0.25) is 0 Å². The zero-order valence-electron chi connectivity index (χ0n) is 14.1. The van der Waals surface area contributed by atoms with Gasteiger partial charge in [0.15, 0.2) is 0 Å². The molecule has 0 saturated heterocycles. The number of aliphatic hydroxyl groups excluding tert-OH is 1. The first kappa shape index (κ1) is 18.1. The molecular weight excluding hydrogens is 260 g/mol. The first-order valence-electron chi connectivity index (χ1n) is 8.01. The van der Waals surface area contributed by atoms with Crippen LogP contribution in [0, 0.1) is 11.3 Å². The summed E-state index contributed by atoms with van der Waals surface area (Å²) in [6.45, 7) is 13.9. The number of hydrogen-bond acceptors (Lipinski definition) is 3. The monoisotopic (exact) mass is 292 g/mol. The summed E-state index contributed by atoms with van der Waals surface area (Å²) in [4.78, 5) is 2.34. The normalized spacial score (nSPS) is 12.3. The van der Waals surface area contributed by atoms with E-state index < -0.39 is 0 Å². The van der Waals surface area contributed by atoms with Crippen LogP contribution in [0.1, 0.15) is 33.3 Å². The number of rotatable bonds is 10. The number of benzene rings is 1.